The second-order valence-electron chi connectivity index (χ2n) is 3.82. The molecule has 16 heavy (non-hydrogen) atoms. The maximum Gasteiger partial charge on any atom is 0.323 e. The molecular weight excluding hydrogens is 212 g/mol. The molecule has 0 bridgehead atoms. The Balaban J connectivity index is 2.28. The molecule has 1 unspecified atom stereocenters. The van der Waals surface area contributed by atoms with E-state index in [0.29, 0.717) is 25.6 Å². The molecule has 1 aliphatic rings. The summed E-state index contributed by atoms with van der Waals surface area (Å²) >= 11 is 0. The number of carbonyl (C=O) groups is 2. The van der Waals surface area contributed by atoms with Crippen molar-refractivity contribution in [3.8, 4) is 0 Å². The van der Waals surface area contributed by atoms with Crippen LogP contribution in [0.5, 0.6) is 0 Å². The number of carboxylic acid groups (broad SMARTS) is 1. The van der Waals surface area contributed by atoms with Gasteiger partial charge in [0.05, 0.1) is 6.61 Å². The van der Waals surface area contributed by atoms with Crippen LogP contribution in [-0.4, -0.2) is 54.9 Å². The molecule has 1 heterocycles. The van der Waals surface area contributed by atoms with Crippen LogP contribution in [0.25, 0.3) is 0 Å². The summed E-state index contributed by atoms with van der Waals surface area (Å²) in [5.41, 5.74) is 0. The first kappa shape index (κ1) is 12.8. The van der Waals surface area contributed by atoms with Gasteiger partial charge in [-0.1, -0.05) is 0 Å². The van der Waals surface area contributed by atoms with Crippen LogP contribution in [0.2, 0.25) is 0 Å². The van der Waals surface area contributed by atoms with E-state index in [1.165, 1.54) is 4.90 Å². The van der Waals surface area contributed by atoms with Crippen molar-refractivity contribution in [2.24, 2.45) is 5.92 Å². The fourth-order valence-corrected chi connectivity index (χ4v) is 1.58. The highest BCUT2D eigenvalue weighted by Gasteiger charge is 2.19. The number of urea groups is 1. The molecule has 1 rings (SSSR count). The van der Waals surface area contributed by atoms with E-state index in [4.69, 9.17) is 9.84 Å². The molecule has 0 radical (unpaired) electrons. The van der Waals surface area contributed by atoms with Crippen LogP contribution in [0.15, 0.2) is 0 Å². The van der Waals surface area contributed by atoms with E-state index >= 15 is 0 Å². The summed E-state index contributed by atoms with van der Waals surface area (Å²) in [7, 11) is 0. The molecule has 0 saturated carbocycles. The largest absolute Gasteiger partial charge is 0.480 e. The topological polar surface area (TPSA) is 78.9 Å². The van der Waals surface area contributed by atoms with E-state index in [-0.39, 0.29) is 12.6 Å². The Morgan fingerprint density at radius 3 is 2.81 bits per heavy atom. The maximum absolute atomic E-state index is 11.6. The second-order valence-corrected chi connectivity index (χ2v) is 3.82. The maximum atomic E-state index is 11.6. The van der Waals surface area contributed by atoms with Gasteiger partial charge in [0.15, 0.2) is 0 Å². The number of nitrogens with one attached hydrogen (secondary N) is 1. The number of likely N-dealkylation sites (N-methyl/N-ethyl adjacent to an activating group) is 1. The smallest absolute Gasteiger partial charge is 0.323 e. The number of rotatable bonds is 5. The molecular formula is C10H18N2O4. The van der Waals surface area contributed by atoms with Gasteiger partial charge < -0.3 is 20.1 Å². The molecule has 0 aromatic carbocycles. The summed E-state index contributed by atoms with van der Waals surface area (Å²) in [5.74, 6) is -0.645. The Morgan fingerprint density at radius 1 is 1.56 bits per heavy atom. The van der Waals surface area contributed by atoms with Gasteiger partial charge in [-0.25, -0.2) is 4.79 Å². The normalized spacial score (nSPS) is 19.4. The zero-order valence-corrected chi connectivity index (χ0v) is 9.44. The molecule has 92 valence electrons. The summed E-state index contributed by atoms with van der Waals surface area (Å²) in [6, 6.07) is -0.322. The molecule has 2 N–H and O–H groups in total. The quantitative estimate of drug-likeness (QED) is 0.704. The van der Waals surface area contributed by atoms with Crippen molar-refractivity contribution in [2.45, 2.75) is 13.3 Å². The molecule has 1 atom stereocenters. The van der Waals surface area contributed by atoms with Gasteiger partial charge in [0, 0.05) is 25.6 Å². The van der Waals surface area contributed by atoms with Crippen molar-refractivity contribution in [3.63, 3.8) is 0 Å². The van der Waals surface area contributed by atoms with Crippen molar-refractivity contribution in [2.75, 3.05) is 32.8 Å². The van der Waals surface area contributed by atoms with Gasteiger partial charge in [0.1, 0.15) is 6.54 Å². The first-order chi connectivity index (χ1) is 7.63. The molecule has 2 amide bonds. The summed E-state index contributed by atoms with van der Waals surface area (Å²) in [6.45, 7) is 3.84. The Hall–Kier alpha value is -1.30. The molecule has 0 aromatic heterocycles. The highest BCUT2D eigenvalue weighted by Crippen LogP contribution is 2.10. The zero-order valence-electron chi connectivity index (χ0n) is 9.44. The summed E-state index contributed by atoms with van der Waals surface area (Å²) < 4.78 is 5.18. The molecule has 1 aliphatic heterocycles. The molecule has 0 spiro atoms. The van der Waals surface area contributed by atoms with E-state index in [1.807, 2.05) is 0 Å². The average molecular weight is 230 g/mol. The van der Waals surface area contributed by atoms with Crippen molar-refractivity contribution in [1.82, 2.24) is 10.2 Å². The Labute approximate surface area is 94.6 Å². The molecule has 1 fully saturated rings. The zero-order chi connectivity index (χ0) is 12.0. The van der Waals surface area contributed by atoms with E-state index in [2.05, 4.69) is 5.32 Å². The van der Waals surface area contributed by atoms with Gasteiger partial charge in [-0.15, -0.1) is 0 Å². The summed E-state index contributed by atoms with van der Waals surface area (Å²) in [4.78, 5) is 23.3. The van der Waals surface area contributed by atoms with Crippen molar-refractivity contribution < 1.29 is 19.4 Å². The monoisotopic (exact) mass is 230 g/mol. The van der Waals surface area contributed by atoms with Gasteiger partial charge in [-0.2, -0.15) is 0 Å². The molecule has 6 heteroatoms. The third-order valence-electron chi connectivity index (χ3n) is 2.56. The highest BCUT2D eigenvalue weighted by molar-refractivity contribution is 5.79. The number of nitrogens with zero attached hydrogens (tertiary/aromatic N) is 1. The third kappa shape index (κ3) is 4.06. The Morgan fingerprint density at radius 2 is 2.31 bits per heavy atom. The predicted molar refractivity (Wildman–Crippen MR) is 57.2 cm³/mol. The van der Waals surface area contributed by atoms with Crippen molar-refractivity contribution in [3.05, 3.63) is 0 Å². The van der Waals surface area contributed by atoms with Crippen molar-refractivity contribution in [1.29, 1.82) is 0 Å². The first-order valence-corrected chi connectivity index (χ1v) is 5.45. The van der Waals surface area contributed by atoms with Gasteiger partial charge in [0.25, 0.3) is 0 Å². The van der Waals surface area contributed by atoms with E-state index in [1.54, 1.807) is 6.92 Å². The van der Waals surface area contributed by atoms with E-state index in [9.17, 15) is 9.59 Å². The SMILES string of the molecule is CCN(CC(=O)O)C(=O)NCC1CCOC1. The standard InChI is InChI=1S/C10H18N2O4/c1-2-12(6-9(13)14)10(15)11-5-8-3-4-16-7-8/h8H,2-7H2,1H3,(H,11,15)(H,13,14). The van der Waals surface area contributed by atoms with Crippen LogP contribution in [0, 0.1) is 5.92 Å². The molecule has 1 saturated heterocycles. The van der Waals surface area contributed by atoms with Gasteiger partial charge >= 0.3 is 12.0 Å². The number of aliphatic carboxylic acids is 1. The second kappa shape index (κ2) is 6.32. The lowest BCUT2D eigenvalue weighted by atomic mass is 10.1. The minimum Gasteiger partial charge on any atom is -0.480 e. The fraction of sp³-hybridized carbons (Fsp3) is 0.800. The lowest BCUT2D eigenvalue weighted by molar-refractivity contribution is -0.137. The molecule has 0 aliphatic carbocycles. The Kier molecular flexibility index (Phi) is 5.04. The number of carboxylic acids is 1. The van der Waals surface area contributed by atoms with Gasteiger partial charge in [0.2, 0.25) is 0 Å². The molecule has 6 nitrogen and oxygen atoms in total. The lowest BCUT2D eigenvalue weighted by Gasteiger charge is -2.20. The van der Waals surface area contributed by atoms with Gasteiger partial charge in [-0.05, 0) is 13.3 Å². The highest BCUT2D eigenvalue weighted by atomic mass is 16.5. The van der Waals surface area contributed by atoms with Crippen LogP contribution < -0.4 is 5.32 Å². The lowest BCUT2D eigenvalue weighted by Crippen LogP contribution is -2.44. The van der Waals surface area contributed by atoms with E-state index in [0.717, 1.165) is 13.0 Å². The van der Waals surface area contributed by atoms with Crippen LogP contribution in [0.3, 0.4) is 0 Å². The van der Waals surface area contributed by atoms with Crippen LogP contribution >= 0.6 is 0 Å². The third-order valence-corrected chi connectivity index (χ3v) is 2.56. The van der Waals surface area contributed by atoms with Crippen molar-refractivity contribution >= 4 is 12.0 Å². The van der Waals surface area contributed by atoms with Crippen LogP contribution in [0.4, 0.5) is 4.79 Å². The van der Waals surface area contributed by atoms with Gasteiger partial charge in [-0.3, -0.25) is 4.79 Å². The molecule has 0 aromatic rings. The number of carbonyl (C=O) groups excluding carboxylic acids is 1. The summed E-state index contributed by atoms with van der Waals surface area (Å²) in [5, 5.41) is 11.3. The minimum absolute atomic E-state index is 0.260. The number of amides is 2. The average Bonchev–Trinajstić information content (AvgIpc) is 2.75. The number of hydrogen-bond acceptors (Lipinski definition) is 3. The minimum atomic E-state index is -0.999. The number of ether oxygens (including phenoxy) is 1. The predicted octanol–water partition coefficient (Wildman–Crippen LogP) is 0.139. The van der Waals surface area contributed by atoms with Crippen LogP contribution in [0.1, 0.15) is 13.3 Å². The fourth-order valence-electron chi connectivity index (χ4n) is 1.58. The van der Waals surface area contributed by atoms with E-state index < -0.39 is 5.97 Å². The summed E-state index contributed by atoms with van der Waals surface area (Å²) in [6.07, 6.45) is 0.950. The Bertz CT molecular complexity index is 251. The number of hydrogen-bond donors (Lipinski definition) is 2. The first-order valence-electron chi connectivity index (χ1n) is 5.45. The van der Waals surface area contributed by atoms with Crippen LogP contribution in [-0.2, 0) is 9.53 Å².